The number of allylic oxidation sites excluding steroid dienone is 3. The molecule has 6 heteroatoms. The first-order valence-electron chi connectivity index (χ1n) is 7.74. The molecule has 1 N–H and O–H groups in total. The van der Waals surface area contributed by atoms with Crippen LogP contribution in [0.2, 0.25) is 0 Å². The standard InChI is InChI=1S/C17H22N2O3S/c1-2-3-5-8-17(20)18-15-9-11-16(12-10-15)23(21,22)19-13-6-4-7-14-19/h2-3,5,8-12H,4,6-7,13-14H2,1H3,(H,18,20)/b3-2+,8-5+. The molecule has 0 aliphatic carbocycles. The first kappa shape index (κ1) is 17.4. The minimum atomic E-state index is -3.43. The summed E-state index contributed by atoms with van der Waals surface area (Å²) >= 11 is 0. The number of hydrogen-bond donors (Lipinski definition) is 1. The number of hydrogen-bond acceptors (Lipinski definition) is 3. The van der Waals surface area contributed by atoms with Gasteiger partial charge in [0.2, 0.25) is 15.9 Å². The smallest absolute Gasteiger partial charge is 0.248 e. The lowest BCUT2D eigenvalue weighted by molar-refractivity contribution is -0.111. The van der Waals surface area contributed by atoms with E-state index >= 15 is 0 Å². The lowest BCUT2D eigenvalue weighted by Gasteiger charge is -2.25. The maximum atomic E-state index is 12.5. The van der Waals surface area contributed by atoms with E-state index in [9.17, 15) is 13.2 Å². The number of sulfonamides is 1. The van der Waals surface area contributed by atoms with Crippen LogP contribution < -0.4 is 5.32 Å². The predicted octanol–water partition coefficient (Wildman–Crippen LogP) is 2.93. The molecule has 0 atom stereocenters. The van der Waals surface area contributed by atoms with Gasteiger partial charge in [-0.1, -0.05) is 24.6 Å². The Balaban J connectivity index is 2.05. The first-order chi connectivity index (χ1) is 11.0. The van der Waals surface area contributed by atoms with Crippen LogP contribution in [0.1, 0.15) is 26.2 Å². The van der Waals surface area contributed by atoms with Gasteiger partial charge in [-0.15, -0.1) is 0 Å². The van der Waals surface area contributed by atoms with Crippen LogP contribution in [0.3, 0.4) is 0 Å². The quantitative estimate of drug-likeness (QED) is 0.665. The van der Waals surface area contributed by atoms with Gasteiger partial charge in [-0.3, -0.25) is 4.79 Å². The van der Waals surface area contributed by atoms with Gasteiger partial charge in [0.25, 0.3) is 0 Å². The number of amides is 1. The highest BCUT2D eigenvalue weighted by atomic mass is 32.2. The summed E-state index contributed by atoms with van der Waals surface area (Å²) < 4.78 is 26.6. The van der Waals surface area contributed by atoms with Gasteiger partial charge in [-0.05, 0) is 44.0 Å². The molecule has 2 rings (SSSR count). The Labute approximate surface area is 137 Å². The van der Waals surface area contributed by atoms with Gasteiger partial charge < -0.3 is 5.32 Å². The minimum absolute atomic E-state index is 0.255. The van der Waals surface area contributed by atoms with E-state index in [0.29, 0.717) is 18.8 Å². The number of rotatable bonds is 5. The molecule has 0 unspecified atom stereocenters. The van der Waals surface area contributed by atoms with Crippen LogP contribution in [0.15, 0.2) is 53.5 Å². The molecule has 1 aliphatic rings. The normalized spacial score (nSPS) is 16.9. The molecule has 124 valence electrons. The Bertz CT molecular complexity index is 685. The zero-order chi connectivity index (χ0) is 16.7. The van der Waals surface area contributed by atoms with Gasteiger partial charge in [-0.2, -0.15) is 4.31 Å². The molecule has 1 heterocycles. The molecule has 0 radical (unpaired) electrons. The van der Waals surface area contributed by atoms with Gasteiger partial charge in [-0.25, -0.2) is 8.42 Å². The fourth-order valence-corrected chi connectivity index (χ4v) is 3.92. The van der Waals surface area contributed by atoms with E-state index in [4.69, 9.17) is 0 Å². The lowest BCUT2D eigenvalue weighted by atomic mass is 10.2. The molecular weight excluding hydrogens is 312 g/mol. The number of nitrogens with one attached hydrogen (secondary N) is 1. The molecule has 1 saturated heterocycles. The van der Waals surface area contributed by atoms with Crippen molar-refractivity contribution in [3.05, 3.63) is 48.6 Å². The molecule has 1 aromatic rings. The summed E-state index contributed by atoms with van der Waals surface area (Å²) in [4.78, 5) is 11.9. The number of carbonyl (C=O) groups excluding carboxylic acids is 1. The molecule has 0 aromatic heterocycles. The molecule has 1 fully saturated rings. The summed E-state index contributed by atoms with van der Waals surface area (Å²) in [5.41, 5.74) is 0.567. The fourth-order valence-electron chi connectivity index (χ4n) is 2.40. The van der Waals surface area contributed by atoms with Crippen LogP contribution in [0, 0.1) is 0 Å². The SMILES string of the molecule is C/C=C/C=C/C(=O)Nc1ccc(S(=O)(=O)N2CCCCC2)cc1. The maximum Gasteiger partial charge on any atom is 0.248 e. The van der Waals surface area contributed by atoms with Gasteiger partial charge in [0.05, 0.1) is 4.90 Å². The zero-order valence-corrected chi connectivity index (χ0v) is 14.1. The van der Waals surface area contributed by atoms with E-state index < -0.39 is 10.0 Å². The van der Waals surface area contributed by atoms with E-state index in [2.05, 4.69) is 5.32 Å². The van der Waals surface area contributed by atoms with Crippen molar-refractivity contribution in [3.8, 4) is 0 Å². The molecule has 1 aliphatic heterocycles. The number of piperidine rings is 1. The molecular formula is C17H22N2O3S. The van der Waals surface area contributed by atoms with E-state index in [0.717, 1.165) is 19.3 Å². The summed E-state index contributed by atoms with van der Waals surface area (Å²) in [5, 5.41) is 2.69. The van der Waals surface area contributed by atoms with Crippen molar-refractivity contribution < 1.29 is 13.2 Å². The molecule has 0 saturated carbocycles. The summed E-state index contributed by atoms with van der Waals surface area (Å²) in [6.07, 6.45) is 9.54. The minimum Gasteiger partial charge on any atom is -0.323 e. The third-order valence-corrected chi connectivity index (χ3v) is 5.54. The van der Waals surface area contributed by atoms with Crippen molar-refractivity contribution >= 4 is 21.6 Å². The topological polar surface area (TPSA) is 66.5 Å². The number of benzene rings is 1. The monoisotopic (exact) mass is 334 g/mol. The van der Waals surface area contributed by atoms with Crippen LogP contribution >= 0.6 is 0 Å². The Morgan fingerprint density at radius 2 is 1.74 bits per heavy atom. The van der Waals surface area contributed by atoms with E-state index in [1.807, 2.05) is 13.0 Å². The average Bonchev–Trinajstić information content (AvgIpc) is 2.56. The van der Waals surface area contributed by atoms with Crippen molar-refractivity contribution in [1.82, 2.24) is 4.31 Å². The molecule has 1 aromatic carbocycles. The first-order valence-corrected chi connectivity index (χ1v) is 9.18. The Morgan fingerprint density at radius 1 is 1.09 bits per heavy atom. The van der Waals surface area contributed by atoms with Crippen LogP contribution in [0.4, 0.5) is 5.69 Å². The largest absolute Gasteiger partial charge is 0.323 e. The average molecular weight is 334 g/mol. The lowest BCUT2D eigenvalue weighted by Crippen LogP contribution is -2.35. The van der Waals surface area contributed by atoms with E-state index in [1.165, 1.54) is 22.5 Å². The van der Waals surface area contributed by atoms with Crippen molar-refractivity contribution in [2.45, 2.75) is 31.1 Å². The van der Waals surface area contributed by atoms with Crippen molar-refractivity contribution in [1.29, 1.82) is 0 Å². The van der Waals surface area contributed by atoms with Crippen molar-refractivity contribution in [3.63, 3.8) is 0 Å². The summed E-state index contributed by atoms with van der Waals surface area (Å²) in [7, 11) is -3.43. The predicted molar refractivity (Wildman–Crippen MR) is 91.6 cm³/mol. The fraction of sp³-hybridized carbons (Fsp3) is 0.353. The second-order valence-electron chi connectivity index (χ2n) is 5.36. The van der Waals surface area contributed by atoms with E-state index in [-0.39, 0.29) is 10.8 Å². The summed E-state index contributed by atoms with van der Waals surface area (Å²) in [6.45, 7) is 3.02. The second kappa shape index (κ2) is 8.08. The van der Waals surface area contributed by atoms with Gasteiger partial charge in [0.1, 0.15) is 0 Å². The molecule has 23 heavy (non-hydrogen) atoms. The van der Waals surface area contributed by atoms with Crippen molar-refractivity contribution in [2.24, 2.45) is 0 Å². The van der Waals surface area contributed by atoms with Gasteiger partial charge >= 0.3 is 0 Å². The third-order valence-electron chi connectivity index (χ3n) is 3.63. The van der Waals surface area contributed by atoms with Crippen LogP contribution in [0.5, 0.6) is 0 Å². The van der Waals surface area contributed by atoms with Crippen LogP contribution in [-0.4, -0.2) is 31.7 Å². The molecule has 0 bridgehead atoms. The van der Waals surface area contributed by atoms with E-state index in [1.54, 1.807) is 24.3 Å². The Morgan fingerprint density at radius 3 is 2.35 bits per heavy atom. The molecule has 5 nitrogen and oxygen atoms in total. The van der Waals surface area contributed by atoms with Crippen molar-refractivity contribution in [2.75, 3.05) is 18.4 Å². The second-order valence-corrected chi connectivity index (χ2v) is 7.30. The molecule has 1 amide bonds. The highest BCUT2D eigenvalue weighted by Gasteiger charge is 2.25. The van der Waals surface area contributed by atoms with Crippen LogP contribution in [-0.2, 0) is 14.8 Å². The Hall–Kier alpha value is -1.92. The molecule has 0 spiro atoms. The zero-order valence-electron chi connectivity index (χ0n) is 13.2. The number of anilines is 1. The van der Waals surface area contributed by atoms with Gasteiger partial charge in [0.15, 0.2) is 0 Å². The Kier molecular flexibility index (Phi) is 6.12. The number of carbonyl (C=O) groups is 1. The van der Waals surface area contributed by atoms with Crippen LogP contribution in [0.25, 0.3) is 0 Å². The summed E-state index contributed by atoms with van der Waals surface area (Å²) in [6, 6.07) is 6.29. The third kappa shape index (κ3) is 4.77. The maximum absolute atomic E-state index is 12.5. The highest BCUT2D eigenvalue weighted by molar-refractivity contribution is 7.89. The summed E-state index contributed by atoms with van der Waals surface area (Å²) in [5.74, 6) is -0.255. The number of nitrogens with zero attached hydrogens (tertiary/aromatic N) is 1. The highest BCUT2D eigenvalue weighted by Crippen LogP contribution is 2.21. The van der Waals surface area contributed by atoms with Gasteiger partial charge in [0, 0.05) is 24.9 Å².